The Labute approximate surface area is 204 Å². The van der Waals surface area contributed by atoms with Crippen molar-refractivity contribution in [3.05, 3.63) is 46.7 Å². The first-order chi connectivity index (χ1) is 16.7. The van der Waals surface area contributed by atoms with Crippen LogP contribution in [0.5, 0.6) is 0 Å². The van der Waals surface area contributed by atoms with E-state index in [1.807, 2.05) is 22.7 Å². The van der Waals surface area contributed by atoms with Gasteiger partial charge in [0.25, 0.3) is 5.91 Å². The minimum atomic E-state index is -5.08. The molecule has 2 atom stereocenters. The molecule has 0 radical (unpaired) electrons. The summed E-state index contributed by atoms with van der Waals surface area (Å²) >= 11 is 1.48. The molecule has 0 aromatic carbocycles. The second kappa shape index (κ2) is 12.1. The predicted octanol–water partition coefficient (Wildman–Crippen LogP) is 3.29. The summed E-state index contributed by atoms with van der Waals surface area (Å²) in [5.41, 5.74) is 3.61. The molecule has 2 saturated heterocycles. The Bertz CT molecular complexity index is 996. The van der Waals surface area contributed by atoms with Gasteiger partial charge in [-0.1, -0.05) is 0 Å². The normalized spacial score (nSPS) is 19.4. The SMILES string of the molecule is O=C(O)C(F)(F)F.O=C(O)C(F)(F)F.O=C(c1cscn1)N1CC[C@@H]2[C@@H]1CCN2Cc1ccncc1. The van der Waals surface area contributed by atoms with Crippen molar-refractivity contribution in [2.24, 2.45) is 0 Å². The first kappa shape index (κ1) is 29.0. The minimum Gasteiger partial charge on any atom is -0.475 e. The average molecular weight is 542 g/mol. The van der Waals surface area contributed by atoms with E-state index in [9.17, 15) is 31.1 Å². The van der Waals surface area contributed by atoms with Gasteiger partial charge in [-0.3, -0.25) is 14.7 Å². The Kier molecular flexibility index (Phi) is 9.75. The molecule has 4 heterocycles. The number of hydrogen-bond donors (Lipinski definition) is 2. The lowest BCUT2D eigenvalue weighted by molar-refractivity contribution is -0.193. The molecular formula is C20H20F6N4O5S. The molecule has 1 amide bonds. The number of carboxylic acids is 2. The van der Waals surface area contributed by atoms with Gasteiger partial charge in [0.1, 0.15) is 5.69 Å². The van der Waals surface area contributed by atoms with Crippen molar-refractivity contribution in [1.82, 2.24) is 19.8 Å². The van der Waals surface area contributed by atoms with Crippen molar-refractivity contribution >= 4 is 29.2 Å². The van der Waals surface area contributed by atoms with Gasteiger partial charge in [-0.2, -0.15) is 26.3 Å². The molecule has 9 nitrogen and oxygen atoms in total. The van der Waals surface area contributed by atoms with Crippen molar-refractivity contribution in [2.75, 3.05) is 13.1 Å². The van der Waals surface area contributed by atoms with Crippen molar-refractivity contribution in [2.45, 2.75) is 43.8 Å². The van der Waals surface area contributed by atoms with E-state index < -0.39 is 24.3 Å². The fourth-order valence-electron chi connectivity index (χ4n) is 3.71. The number of likely N-dealkylation sites (tertiary alicyclic amines) is 2. The highest BCUT2D eigenvalue weighted by Gasteiger charge is 2.44. The molecule has 16 heteroatoms. The minimum absolute atomic E-state index is 0.0968. The zero-order chi connectivity index (χ0) is 27.1. The Morgan fingerprint density at radius 2 is 1.47 bits per heavy atom. The molecule has 4 rings (SSSR count). The Hall–Kier alpha value is -3.27. The number of carbonyl (C=O) groups is 3. The lowest BCUT2D eigenvalue weighted by atomic mass is 10.1. The van der Waals surface area contributed by atoms with Gasteiger partial charge < -0.3 is 15.1 Å². The molecule has 0 unspecified atom stereocenters. The molecule has 36 heavy (non-hydrogen) atoms. The smallest absolute Gasteiger partial charge is 0.475 e. The third kappa shape index (κ3) is 8.15. The molecule has 2 aromatic rings. The number of halogens is 6. The summed E-state index contributed by atoms with van der Waals surface area (Å²) < 4.78 is 63.5. The van der Waals surface area contributed by atoms with Crippen LogP contribution in [0.15, 0.2) is 35.4 Å². The average Bonchev–Trinajstić information content (AvgIpc) is 3.53. The molecule has 198 valence electrons. The number of thiazole rings is 1. The number of aromatic nitrogens is 2. The van der Waals surface area contributed by atoms with E-state index in [1.165, 1.54) is 16.9 Å². The van der Waals surface area contributed by atoms with Gasteiger partial charge in [-0.25, -0.2) is 14.6 Å². The fraction of sp³-hybridized carbons (Fsp3) is 0.450. The number of aliphatic carboxylic acids is 2. The maximum atomic E-state index is 12.6. The second-order valence-corrected chi connectivity index (χ2v) is 8.23. The van der Waals surface area contributed by atoms with E-state index in [2.05, 4.69) is 27.0 Å². The summed E-state index contributed by atoms with van der Waals surface area (Å²) in [5, 5.41) is 16.1. The van der Waals surface area contributed by atoms with E-state index in [-0.39, 0.29) is 5.91 Å². The van der Waals surface area contributed by atoms with E-state index in [0.29, 0.717) is 17.8 Å². The molecule has 2 aromatic heterocycles. The molecule has 2 aliphatic rings. The van der Waals surface area contributed by atoms with E-state index >= 15 is 0 Å². The Morgan fingerprint density at radius 3 is 1.94 bits per heavy atom. The summed E-state index contributed by atoms with van der Waals surface area (Å²) in [7, 11) is 0. The lowest BCUT2D eigenvalue weighted by Gasteiger charge is -2.25. The predicted molar refractivity (Wildman–Crippen MR) is 112 cm³/mol. The Balaban J connectivity index is 0.000000271. The molecular weight excluding hydrogens is 522 g/mol. The molecule has 0 spiro atoms. The van der Waals surface area contributed by atoms with Gasteiger partial charge in [0, 0.05) is 49.5 Å². The molecule has 2 N–H and O–H groups in total. The van der Waals surface area contributed by atoms with Crippen LogP contribution in [0, 0.1) is 0 Å². The fourth-order valence-corrected chi connectivity index (χ4v) is 4.24. The molecule has 0 aliphatic carbocycles. The van der Waals surface area contributed by atoms with Crippen LogP contribution >= 0.6 is 11.3 Å². The number of pyridine rings is 1. The van der Waals surface area contributed by atoms with Crippen LogP contribution in [0.4, 0.5) is 26.3 Å². The molecule has 2 fully saturated rings. The Morgan fingerprint density at radius 1 is 0.944 bits per heavy atom. The highest BCUT2D eigenvalue weighted by atomic mass is 32.1. The van der Waals surface area contributed by atoms with Gasteiger partial charge in [-0.05, 0) is 30.5 Å². The number of amides is 1. The van der Waals surface area contributed by atoms with Crippen LogP contribution in [0.1, 0.15) is 28.9 Å². The first-order valence-corrected chi connectivity index (χ1v) is 11.1. The summed E-state index contributed by atoms with van der Waals surface area (Å²) in [4.78, 5) is 43.1. The maximum absolute atomic E-state index is 12.6. The van der Waals surface area contributed by atoms with Crippen molar-refractivity contribution < 1.29 is 50.9 Å². The highest BCUT2D eigenvalue weighted by molar-refractivity contribution is 7.07. The highest BCUT2D eigenvalue weighted by Crippen LogP contribution is 2.33. The van der Waals surface area contributed by atoms with Crippen molar-refractivity contribution in [1.29, 1.82) is 0 Å². The van der Waals surface area contributed by atoms with Crippen LogP contribution in [0.25, 0.3) is 0 Å². The van der Waals surface area contributed by atoms with Crippen LogP contribution in [0.3, 0.4) is 0 Å². The van der Waals surface area contributed by atoms with Crippen LogP contribution in [0.2, 0.25) is 0 Å². The number of fused-ring (bicyclic) bond motifs is 1. The summed E-state index contributed by atoms with van der Waals surface area (Å²) in [6.07, 6.45) is -4.36. The van der Waals surface area contributed by atoms with Gasteiger partial charge in [0.2, 0.25) is 0 Å². The number of carbonyl (C=O) groups excluding carboxylic acids is 1. The van der Waals surface area contributed by atoms with Crippen LogP contribution in [-0.4, -0.2) is 85.4 Å². The maximum Gasteiger partial charge on any atom is 0.490 e. The first-order valence-electron chi connectivity index (χ1n) is 10.1. The van der Waals surface area contributed by atoms with E-state index in [4.69, 9.17) is 19.8 Å². The molecule has 2 aliphatic heterocycles. The third-order valence-electron chi connectivity index (χ3n) is 5.22. The second-order valence-electron chi connectivity index (χ2n) is 7.52. The van der Waals surface area contributed by atoms with Gasteiger partial charge in [-0.15, -0.1) is 11.3 Å². The van der Waals surface area contributed by atoms with Crippen molar-refractivity contribution in [3.63, 3.8) is 0 Å². The number of rotatable bonds is 3. The molecule has 0 bridgehead atoms. The quantitative estimate of drug-likeness (QED) is 0.567. The summed E-state index contributed by atoms with van der Waals surface area (Å²) in [6, 6.07) is 4.97. The van der Waals surface area contributed by atoms with Crippen LogP contribution < -0.4 is 0 Å². The van der Waals surface area contributed by atoms with Crippen LogP contribution in [-0.2, 0) is 16.1 Å². The number of carboxylic acid groups (broad SMARTS) is 2. The topological polar surface area (TPSA) is 124 Å². The number of hydrogen-bond acceptors (Lipinski definition) is 7. The summed E-state index contributed by atoms with van der Waals surface area (Å²) in [6.45, 7) is 2.85. The number of alkyl halides is 6. The standard InChI is InChI=1S/C16H18N4OS.2C2HF3O2/c21-16(13-10-22-11-18-13)20-8-4-14-15(20)3-7-19(14)9-12-1-5-17-6-2-12;2*3-2(4,5)1(6)7/h1-2,5-6,10-11,14-15H,3-4,7-9H2;2*(H,6,7)/t14-,15+;;/m1../s1. The van der Waals surface area contributed by atoms with E-state index in [1.54, 1.807) is 5.51 Å². The van der Waals surface area contributed by atoms with Crippen molar-refractivity contribution in [3.8, 4) is 0 Å². The molecule has 0 saturated carbocycles. The monoisotopic (exact) mass is 542 g/mol. The van der Waals surface area contributed by atoms with Gasteiger partial charge >= 0.3 is 24.3 Å². The zero-order valence-electron chi connectivity index (χ0n) is 18.2. The third-order valence-corrected chi connectivity index (χ3v) is 5.81. The number of nitrogens with zero attached hydrogens (tertiary/aromatic N) is 4. The van der Waals surface area contributed by atoms with Gasteiger partial charge in [0.05, 0.1) is 5.51 Å². The summed E-state index contributed by atoms with van der Waals surface area (Å²) in [5.74, 6) is -5.42. The van der Waals surface area contributed by atoms with E-state index in [0.717, 1.165) is 32.5 Å². The van der Waals surface area contributed by atoms with Gasteiger partial charge in [0.15, 0.2) is 0 Å². The zero-order valence-corrected chi connectivity index (χ0v) is 19.1. The lowest BCUT2D eigenvalue weighted by Crippen LogP contribution is -2.39. The largest absolute Gasteiger partial charge is 0.490 e.